The highest BCUT2D eigenvalue weighted by molar-refractivity contribution is 7.11. The molecule has 0 fully saturated rings. The molecule has 0 bridgehead atoms. The lowest BCUT2D eigenvalue weighted by Crippen LogP contribution is -1.84. The number of hydrogen-bond donors (Lipinski definition) is 0. The van der Waals surface area contributed by atoms with Gasteiger partial charge in [-0.15, -0.1) is 0 Å². The topological polar surface area (TPSA) is 22.1 Å². The first kappa shape index (κ1) is 9.77. The molecule has 0 spiro atoms. The van der Waals surface area contributed by atoms with Crippen LogP contribution in [-0.4, -0.2) is 4.98 Å². The van der Waals surface area contributed by atoms with Crippen LogP contribution >= 0.6 is 34.5 Å². The zero-order valence-corrected chi connectivity index (χ0v) is 9.16. The van der Waals surface area contributed by atoms with E-state index in [1.165, 1.54) is 11.3 Å². The number of ether oxygens (including phenoxy) is 1. The number of para-hydroxylation sites is 1. The fraction of sp³-hybridized carbons (Fsp3) is 0. The summed E-state index contributed by atoms with van der Waals surface area (Å²) in [4.78, 5) is 3.85. The van der Waals surface area contributed by atoms with Gasteiger partial charge in [-0.3, -0.25) is 0 Å². The number of benzene rings is 1. The first-order chi connectivity index (χ1) is 6.77. The number of hydrogen-bond acceptors (Lipinski definition) is 3. The van der Waals surface area contributed by atoms with Gasteiger partial charge in [-0.05, 0) is 12.1 Å². The molecule has 0 aliphatic heterocycles. The van der Waals surface area contributed by atoms with Gasteiger partial charge in [-0.2, -0.15) is 0 Å². The van der Waals surface area contributed by atoms with E-state index in [0.29, 0.717) is 21.0 Å². The zero-order valence-electron chi connectivity index (χ0n) is 6.83. The summed E-state index contributed by atoms with van der Waals surface area (Å²) in [5.41, 5.74) is 0. The second kappa shape index (κ2) is 4.17. The summed E-state index contributed by atoms with van der Waals surface area (Å²) in [5.74, 6) is 0.430. The second-order valence-corrected chi connectivity index (χ2v) is 4.03. The van der Waals surface area contributed by atoms with Crippen LogP contribution in [0.1, 0.15) is 0 Å². The van der Waals surface area contributed by atoms with Crippen LogP contribution in [0.25, 0.3) is 0 Å². The largest absolute Gasteiger partial charge is 0.428 e. The molecule has 0 atom stereocenters. The summed E-state index contributed by atoms with van der Waals surface area (Å²) in [7, 11) is 0. The minimum atomic E-state index is 0.430. The molecule has 1 aromatic heterocycles. The van der Waals surface area contributed by atoms with Gasteiger partial charge in [0.2, 0.25) is 0 Å². The first-order valence-corrected chi connectivity index (χ1v) is 5.34. The van der Waals surface area contributed by atoms with Crippen LogP contribution in [0.3, 0.4) is 0 Å². The van der Waals surface area contributed by atoms with Gasteiger partial charge >= 0.3 is 0 Å². The summed E-state index contributed by atoms with van der Waals surface area (Å²) in [5, 5.41) is 3.10. The Kier molecular flexibility index (Phi) is 2.91. The molecule has 2 nitrogen and oxygen atoms in total. The Balaban J connectivity index is 2.33. The third-order valence-corrected chi connectivity index (χ3v) is 2.67. The Morgan fingerprint density at radius 1 is 1.29 bits per heavy atom. The highest BCUT2D eigenvalue weighted by atomic mass is 35.5. The van der Waals surface area contributed by atoms with Crippen LogP contribution in [0.15, 0.2) is 23.6 Å². The lowest BCUT2D eigenvalue weighted by molar-refractivity contribution is 0.479. The molecular formula is C9H4Cl2NOS. The van der Waals surface area contributed by atoms with E-state index in [9.17, 15) is 0 Å². The van der Waals surface area contributed by atoms with Crippen LogP contribution < -0.4 is 4.74 Å². The standard InChI is InChI=1S/C9H4Cl2NOS/c10-6-2-1-3-7(11)8(6)13-9-12-4-5-14-9/h1-3,5H. The molecule has 0 aliphatic rings. The van der Waals surface area contributed by atoms with Crippen LogP contribution in [0.2, 0.25) is 10.0 Å². The van der Waals surface area contributed by atoms with Crippen molar-refractivity contribution in [3.05, 3.63) is 39.8 Å². The van der Waals surface area contributed by atoms with Crippen molar-refractivity contribution in [1.82, 2.24) is 4.98 Å². The minimum Gasteiger partial charge on any atom is -0.428 e. The third kappa shape index (κ3) is 2.00. The SMILES string of the molecule is Clc1cccc(Cl)c1Oc1n[c]cs1. The van der Waals surface area contributed by atoms with E-state index in [-0.39, 0.29) is 0 Å². The Labute approximate surface area is 95.1 Å². The molecule has 71 valence electrons. The molecule has 2 aromatic rings. The molecular weight excluding hydrogens is 241 g/mol. The zero-order chi connectivity index (χ0) is 9.97. The average Bonchev–Trinajstić information content (AvgIpc) is 2.64. The molecule has 0 N–H and O–H groups in total. The molecule has 0 saturated carbocycles. The van der Waals surface area contributed by atoms with Gasteiger partial charge in [0.25, 0.3) is 5.19 Å². The van der Waals surface area contributed by atoms with Crippen molar-refractivity contribution in [3.63, 3.8) is 0 Å². The van der Waals surface area contributed by atoms with Crippen molar-refractivity contribution in [1.29, 1.82) is 0 Å². The monoisotopic (exact) mass is 244 g/mol. The van der Waals surface area contributed by atoms with Gasteiger partial charge < -0.3 is 4.74 Å². The molecule has 1 radical (unpaired) electrons. The fourth-order valence-electron chi connectivity index (χ4n) is 0.896. The third-order valence-electron chi connectivity index (χ3n) is 1.48. The van der Waals surface area contributed by atoms with E-state index in [1.807, 2.05) is 0 Å². The number of halogens is 2. The van der Waals surface area contributed by atoms with E-state index >= 15 is 0 Å². The quantitative estimate of drug-likeness (QED) is 0.796. The molecule has 0 aliphatic carbocycles. The van der Waals surface area contributed by atoms with Gasteiger partial charge in [0.15, 0.2) is 5.75 Å². The molecule has 14 heavy (non-hydrogen) atoms. The lowest BCUT2D eigenvalue weighted by atomic mass is 10.3. The van der Waals surface area contributed by atoms with E-state index in [2.05, 4.69) is 11.2 Å². The van der Waals surface area contributed by atoms with Crippen LogP contribution in [0.5, 0.6) is 10.9 Å². The van der Waals surface area contributed by atoms with Crippen molar-refractivity contribution in [2.45, 2.75) is 0 Å². The van der Waals surface area contributed by atoms with E-state index in [0.717, 1.165) is 0 Å². The van der Waals surface area contributed by atoms with Crippen molar-refractivity contribution in [2.75, 3.05) is 0 Å². The Bertz CT molecular complexity index is 410. The number of aromatic nitrogens is 1. The van der Waals surface area contributed by atoms with Crippen LogP contribution in [0.4, 0.5) is 0 Å². The van der Waals surface area contributed by atoms with Gasteiger partial charge in [-0.1, -0.05) is 40.6 Å². The van der Waals surface area contributed by atoms with Gasteiger partial charge in [0.05, 0.1) is 10.0 Å². The predicted octanol–water partition coefficient (Wildman–Crippen LogP) is 4.04. The molecule has 0 saturated heterocycles. The van der Waals surface area contributed by atoms with E-state index in [1.54, 1.807) is 23.6 Å². The molecule has 1 aromatic carbocycles. The normalized spacial score (nSPS) is 10.1. The molecule has 1 heterocycles. The maximum atomic E-state index is 5.90. The summed E-state index contributed by atoms with van der Waals surface area (Å²) in [6.45, 7) is 0. The van der Waals surface area contributed by atoms with Crippen molar-refractivity contribution in [2.24, 2.45) is 0 Å². The summed E-state index contributed by atoms with van der Waals surface area (Å²) in [6, 6.07) is 5.17. The van der Waals surface area contributed by atoms with E-state index in [4.69, 9.17) is 27.9 Å². The minimum absolute atomic E-state index is 0.430. The highest BCUT2D eigenvalue weighted by Gasteiger charge is 2.08. The second-order valence-electron chi connectivity index (χ2n) is 2.40. The number of thiazole rings is 1. The van der Waals surface area contributed by atoms with Crippen molar-refractivity contribution >= 4 is 34.5 Å². The maximum absolute atomic E-state index is 5.90. The van der Waals surface area contributed by atoms with Crippen molar-refractivity contribution in [3.8, 4) is 10.9 Å². The first-order valence-electron chi connectivity index (χ1n) is 3.71. The smallest absolute Gasteiger partial charge is 0.279 e. The van der Waals surface area contributed by atoms with Gasteiger partial charge in [-0.25, -0.2) is 4.98 Å². The van der Waals surface area contributed by atoms with Crippen LogP contribution in [0, 0.1) is 6.20 Å². The number of rotatable bonds is 2. The Hall–Kier alpha value is -0.770. The predicted molar refractivity (Wildman–Crippen MR) is 57.5 cm³/mol. The fourth-order valence-corrected chi connectivity index (χ4v) is 1.81. The number of nitrogens with zero attached hydrogens (tertiary/aromatic N) is 1. The molecule has 0 amide bonds. The summed E-state index contributed by atoms with van der Waals surface area (Å²) >= 11 is 13.1. The molecule has 5 heteroatoms. The lowest BCUT2D eigenvalue weighted by Gasteiger charge is -2.05. The maximum Gasteiger partial charge on any atom is 0.279 e. The summed E-state index contributed by atoms with van der Waals surface area (Å²) in [6.07, 6.45) is 2.65. The average molecular weight is 245 g/mol. The van der Waals surface area contributed by atoms with E-state index < -0.39 is 0 Å². The van der Waals surface area contributed by atoms with Crippen molar-refractivity contribution < 1.29 is 4.74 Å². The van der Waals surface area contributed by atoms with Gasteiger partial charge in [0.1, 0.15) is 6.20 Å². The highest BCUT2D eigenvalue weighted by Crippen LogP contribution is 2.36. The molecule has 2 rings (SSSR count). The van der Waals surface area contributed by atoms with Crippen LogP contribution in [-0.2, 0) is 0 Å². The Morgan fingerprint density at radius 3 is 2.57 bits per heavy atom. The van der Waals surface area contributed by atoms with Gasteiger partial charge in [0, 0.05) is 5.38 Å². The Morgan fingerprint density at radius 2 is 2.00 bits per heavy atom. The summed E-state index contributed by atoms with van der Waals surface area (Å²) < 4.78 is 5.39. The molecule has 0 unspecified atom stereocenters.